The fourth-order valence-corrected chi connectivity index (χ4v) is 3.56. The number of amides is 2. The van der Waals surface area contributed by atoms with E-state index < -0.39 is 18.5 Å². The molecule has 1 aliphatic heterocycles. The number of likely N-dealkylation sites (tertiary alicyclic amines) is 1. The van der Waals surface area contributed by atoms with Crippen molar-refractivity contribution in [3.8, 4) is 11.3 Å². The van der Waals surface area contributed by atoms with Gasteiger partial charge >= 0.3 is 5.97 Å². The number of rotatable bonds is 7. The third-order valence-corrected chi connectivity index (χ3v) is 5.14. The van der Waals surface area contributed by atoms with Crippen LogP contribution in [0.25, 0.3) is 17.3 Å². The fourth-order valence-electron chi connectivity index (χ4n) is 3.56. The summed E-state index contributed by atoms with van der Waals surface area (Å²) in [6.07, 6.45) is 5.77. The van der Waals surface area contributed by atoms with Crippen molar-refractivity contribution in [1.29, 1.82) is 0 Å². The van der Waals surface area contributed by atoms with Crippen LogP contribution in [-0.4, -0.2) is 45.6 Å². The Hall–Kier alpha value is -4.00. The van der Waals surface area contributed by atoms with Gasteiger partial charge in [-0.3, -0.25) is 19.2 Å². The number of benzene rings is 2. The lowest BCUT2D eigenvalue weighted by atomic mass is 10.1. The van der Waals surface area contributed by atoms with E-state index in [1.54, 1.807) is 6.08 Å². The number of carbonyl (C=O) groups excluding carboxylic acids is 3. The molecule has 162 valence electrons. The van der Waals surface area contributed by atoms with Crippen molar-refractivity contribution in [2.45, 2.75) is 19.4 Å². The van der Waals surface area contributed by atoms with Crippen molar-refractivity contribution in [2.24, 2.45) is 0 Å². The van der Waals surface area contributed by atoms with Gasteiger partial charge in [-0.1, -0.05) is 60.7 Å². The lowest BCUT2D eigenvalue weighted by molar-refractivity contribution is -0.151. The van der Waals surface area contributed by atoms with Crippen molar-refractivity contribution < 1.29 is 19.1 Å². The van der Waals surface area contributed by atoms with Gasteiger partial charge in [0.15, 0.2) is 6.61 Å². The minimum absolute atomic E-state index is 0.222. The number of nitrogens with zero attached hydrogens (tertiary/aromatic N) is 3. The molecule has 0 bridgehead atoms. The Morgan fingerprint density at radius 2 is 1.75 bits per heavy atom. The highest BCUT2D eigenvalue weighted by Crippen LogP contribution is 2.23. The van der Waals surface area contributed by atoms with Gasteiger partial charge in [0.2, 0.25) is 5.91 Å². The lowest BCUT2D eigenvalue weighted by Crippen LogP contribution is -2.35. The van der Waals surface area contributed by atoms with Crippen LogP contribution in [0.2, 0.25) is 0 Å². The van der Waals surface area contributed by atoms with E-state index in [0.29, 0.717) is 25.9 Å². The maximum absolute atomic E-state index is 12.2. The smallest absolute Gasteiger partial charge is 0.331 e. The van der Waals surface area contributed by atoms with Gasteiger partial charge in [0.25, 0.3) is 5.91 Å². The molecule has 1 aliphatic rings. The van der Waals surface area contributed by atoms with Crippen LogP contribution in [0.4, 0.5) is 0 Å². The Morgan fingerprint density at radius 3 is 2.44 bits per heavy atom. The predicted molar refractivity (Wildman–Crippen MR) is 119 cm³/mol. The van der Waals surface area contributed by atoms with E-state index in [1.807, 2.05) is 71.5 Å². The summed E-state index contributed by atoms with van der Waals surface area (Å²) in [4.78, 5) is 37.0. The highest BCUT2D eigenvalue weighted by Gasteiger charge is 2.26. The molecule has 7 nitrogen and oxygen atoms in total. The van der Waals surface area contributed by atoms with Gasteiger partial charge in [-0.15, -0.1) is 0 Å². The molecule has 3 aromatic rings. The monoisotopic (exact) mass is 429 g/mol. The third-order valence-electron chi connectivity index (χ3n) is 5.14. The molecule has 0 N–H and O–H groups in total. The second-order valence-corrected chi connectivity index (χ2v) is 7.47. The minimum Gasteiger partial charge on any atom is -0.452 e. The largest absolute Gasteiger partial charge is 0.452 e. The molecule has 4 rings (SSSR count). The summed E-state index contributed by atoms with van der Waals surface area (Å²) in [6, 6.07) is 19.7. The number of imide groups is 1. The maximum Gasteiger partial charge on any atom is 0.331 e. The lowest BCUT2D eigenvalue weighted by Gasteiger charge is -2.12. The number of ether oxygens (including phenoxy) is 1. The van der Waals surface area contributed by atoms with Crippen molar-refractivity contribution in [1.82, 2.24) is 14.7 Å². The van der Waals surface area contributed by atoms with Crippen LogP contribution in [-0.2, 0) is 25.7 Å². The molecular formula is C25H23N3O4. The average molecular weight is 429 g/mol. The molecule has 7 heteroatoms. The van der Waals surface area contributed by atoms with Crippen molar-refractivity contribution >= 4 is 23.9 Å². The molecule has 0 spiro atoms. The Morgan fingerprint density at radius 1 is 1.03 bits per heavy atom. The standard InChI is InChI=1S/C25H23N3O4/c29-22-12-7-15-28(22)23(30)18-32-24(31)14-13-21-17-27(16-19-8-3-1-4-9-19)26-25(21)20-10-5-2-6-11-20/h1-6,8-11,13-14,17H,7,12,15-16,18H2/b14-13+. The van der Waals surface area contributed by atoms with E-state index in [0.717, 1.165) is 27.3 Å². The Bertz CT molecular complexity index is 1140. The molecule has 0 aliphatic carbocycles. The molecule has 1 fully saturated rings. The van der Waals surface area contributed by atoms with E-state index in [1.165, 1.54) is 6.08 Å². The molecule has 2 amide bonds. The van der Waals surface area contributed by atoms with Crippen LogP contribution in [0.15, 0.2) is 72.9 Å². The van der Waals surface area contributed by atoms with E-state index in [4.69, 9.17) is 9.84 Å². The summed E-state index contributed by atoms with van der Waals surface area (Å²) in [7, 11) is 0. The third kappa shape index (κ3) is 5.18. The predicted octanol–water partition coefficient (Wildman–Crippen LogP) is 3.30. The summed E-state index contributed by atoms with van der Waals surface area (Å²) >= 11 is 0. The van der Waals surface area contributed by atoms with Gasteiger partial charge < -0.3 is 4.74 Å². The van der Waals surface area contributed by atoms with Crippen LogP contribution < -0.4 is 0 Å². The van der Waals surface area contributed by atoms with Crippen LogP contribution in [0.5, 0.6) is 0 Å². The molecule has 32 heavy (non-hydrogen) atoms. The van der Waals surface area contributed by atoms with Crippen LogP contribution >= 0.6 is 0 Å². The summed E-state index contributed by atoms with van der Waals surface area (Å²) < 4.78 is 6.86. The first-order chi connectivity index (χ1) is 15.6. The molecule has 0 unspecified atom stereocenters. The quantitative estimate of drug-likeness (QED) is 0.425. The van der Waals surface area contributed by atoms with E-state index in [2.05, 4.69) is 0 Å². The van der Waals surface area contributed by atoms with Gasteiger partial charge in [-0.25, -0.2) is 4.79 Å². The zero-order valence-corrected chi connectivity index (χ0v) is 17.5. The van der Waals surface area contributed by atoms with Crippen LogP contribution in [0.3, 0.4) is 0 Å². The summed E-state index contributed by atoms with van der Waals surface area (Å²) in [5.74, 6) is -1.37. The number of carbonyl (C=O) groups is 3. The number of aromatic nitrogens is 2. The molecule has 0 saturated carbocycles. The fraction of sp³-hybridized carbons (Fsp3) is 0.200. The number of hydrogen-bond acceptors (Lipinski definition) is 5. The van der Waals surface area contributed by atoms with Gasteiger partial charge in [0.1, 0.15) is 0 Å². The van der Waals surface area contributed by atoms with Crippen molar-refractivity contribution in [2.75, 3.05) is 13.2 Å². The first kappa shape index (κ1) is 21.2. The SMILES string of the molecule is O=C(/C=C/c1cn(Cc2ccccc2)nc1-c1ccccc1)OCC(=O)N1CCCC1=O. The summed E-state index contributed by atoms with van der Waals surface area (Å²) in [5, 5.41) is 4.70. The van der Waals surface area contributed by atoms with Crippen LogP contribution in [0.1, 0.15) is 24.0 Å². The average Bonchev–Trinajstić information content (AvgIpc) is 3.43. The van der Waals surface area contributed by atoms with E-state index in [9.17, 15) is 14.4 Å². The molecule has 0 radical (unpaired) electrons. The second-order valence-electron chi connectivity index (χ2n) is 7.47. The second kappa shape index (κ2) is 9.87. The topological polar surface area (TPSA) is 81.5 Å². The van der Waals surface area contributed by atoms with Crippen molar-refractivity contribution in [3.05, 3.63) is 84.1 Å². The molecule has 1 saturated heterocycles. The number of hydrogen-bond donors (Lipinski definition) is 0. The summed E-state index contributed by atoms with van der Waals surface area (Å²) in [6.45, 7) is 0.525. The zero-order chi connectivity index (χ0) is 22.3. The Balaban J connectivity index is 1.47. The Kier molecular flexibility index (Phi) is 6.55. The molecular weight excluding hydrogens is 406 g/mol. The first-order valence-electron chi connectivity index (χ1n) is 10.4. The molecule has 2 heterocycles. The normalized spacial score (nSPS) is 13.6. The first-order valence-corrected chi connectivity index (χ1v) is 10.4. The van der Waals surface area contributed by atoms with Gasteiger partial charge in [0.05, 0.1) is 12.2 Å². The van der Waals surface area contributed by atoms with E-state index in [-0.39, 0.29) is 5.91 Å². The molecule has 1 aromatic heterocycles. The molecule has 0 atom stereocenters. The highest BCUT2D eigenvalue weighted by atomic mass is 16.5. The van der Waals surface area contributed by atoms with Gasteiger partial charge in [0, 0.05) is 36.4 Å². The maximum atomic E-state index is 12.2. The van der Waals surface area contributed by atoms with Crippen LogP contribution in [0, 0.1) is 0 Å². The van der Waals surface area contributed by atoms with Gasteiger partial charge in [-0.2, -0.15) is 5.10 Å². The minimum atomic E-state index is -0.653. The zero-order valence-electron chi connectivity index (χ0n) is 17.5. The number of esters is 1. The van der Waals surface area contributed by atoms with E-state index >= 15 is 0 Å². The highest BCUT2D eigenvalue weighted by molar-refractivity contribution is 5.98. The summed E-state index contributed by atoms with van der Waals surface area (Å²) in [5.41, 5.74) is 3.53. The molecule has 2 aromatic carbocycles. The van der Waals surface area contributed by atoms with Crippen molar-refractivity contribution in [3.63, 3.8) is 0 Å². The Labute approximate surface area is 185 Å². The van der Waals surface area contributed by atoms with Gasteiger partial charge in [-0.05, 0) is 18.1 Å².